The van der Waals surface area contributed by atoms with Gasteiger partial charge in [-0.15, -0.1) is 0 Å². The lowest BCUT2D eigenvalue weighted by Gasteiger charge is -2.14. The first-order valence-corrected chi connectivity index (χ1v) is 4.76. The zero-order valence-corrected chi connectivity index (χ0v) is 7.92. The standard InChI is InChI=1S/C12H14O/c1-10-5-7-11(8-6-10)12-4-2-3-9-13-12/h4-8H,2-3,9H2,1H3. The number of hydrogen-bond donors (Lipinski definition) is 0. The van der Waals surface area contributed by atoms with E-state index in [1.54, 1.807) is 0 Å². The minimum Gasteiger partial charge on any atom is -0.493 e. The molecule has 0 bridgehead atoms. The van der Waals surface area contributed by atoms with Crippen LogP contribution in [0.15, 0.2) is 30.3 Å². The van der Waals surface area contributed by atoms with E-state index in [9.17, 15) is 0 Å². The van der Waals surface area contributed by atoms with Crippen LogP contribution in [0.1, 0.15) is 24.0 Å². The normalized spacial score (nSPS) is 16.2. The predicted molar refractivity (Wildman–Crippen MR) is 54.3 cm³/mol. The number of hydrogen-bond acceptors (Lipinski definition) is 1. The Bertz CT molecular complexity index is 308. The molecule has 0 N–H and O–H groups in total. The molecule has 1 heteroatoms. The average Bonchev–Trinajstić information content (AvgIpc) is 2.20. The average molecular weight is 174 g/mol. The van der Waals surface area contributed by atoms with Gasteiger partial charge in [0.15, 0.2) is 0 Å². The SMILES string of the molecule is Cc1ccc(C2=CCCCO2)cc1. The maximum absolute atomic E-state index is 5.56. The Morgan fingerprint density at radius 3 is 2.54 bits per heavy atom. The third-order valence-corrected chi connectivity index (χ3v) is 2.27. The highest BCUT2D eigenvalue weighted by Gasteiger charge is 2.05. The topological polar surface area (TPSA) is 9.23 Å². The summed E-state index contributed by atoms with van der Waals surface area (Å²) in [7, 11) is 0. The van der Waals surface area contributed by atoms with Gasteiger partial charge in [0.2, 0.25) is 0 Å². The van der Waals surface area contributed by atoms with Crippen molar-refractivity contribution in [3.8, 4) is 0 Å². The van der Waals surface area contributed by atoms with Gasteiger partial charge in [-0.05, 0) is 25.8 Å². The Morgan fingerprint density at radius 1 is 1.15 bits per heavy atom. The fourth-order valence-electron chi connectivity index (χ4n) is 1.48. The van der Waals surface area contributed by atoms with Gasteiger partial charge in [-0.1, -0.05) is 29.8 Å². The van der Waals surface area contributed by atoms with E-state index in [1.807, 2.05) is 0 Å². The van der Waals surface area contributed by atoms with Crippen molar-refractivity contribution in [2.75, 3.05) is 6.61 Å². The number of ether oxygens (including phenoxy) is 1. The molecule has 0 aromatic heterocycles. The van der Waals surface area contributed by atoms with Gasteiger partial charge in [0, 0.05) is 5.56 Å². The van der Waals surface area contributed by atoms with Gasteiger partial charge in [0.25, 0.3) is 0 Å². The van der Waals surface area contributed by atoms with Gasteiger partial charge >= 0.3 is 0 Å². The molecule has 1 aliphatic heterocycles. The number of aryl methyl sites for hydroxylation is 1. The van der Waals surface area contributed by atoms with Crippen LogP contribution in [-0.4, -0.2) is 6.61 Å². The molecule has 1 aromatic rings. The lowest BCUT2D eigenvalue weighted by Crippen LogP contribution is -1.99. The smallest absolute Gasteiger partial charge is 0.122 e. The summed E-state index contributed by atoms with van der Waals surface area (Å²) >= 11 is 0. The van der Waals surface area contributed by atoms with Crippen molar-refractivity contribution in [3.05, 3.63) is 41.5 Å². The molecule has 1 aliphatic rings. The molecule has 0 saturated carbocycles. The Balaban J connectivity index is 2.24. The maximum Gasteiger partial charge on any atom is 0.122 e. The van der Waals surface area contributed by atoms with Crippen molar-refractivity contribution >= 4 is 5.76 Å². The third kappa shape index (κ3) is 1.92. The first-order valence-electron chi connectivity index (χ1n) is 4.76. The molecule has 0 amide bonds. The largest absolute Gasteiger partial charge is 0.493 e. The summed E-state index contributed by atoms with van der Waals surface area (Å²) in [6, 6.07) is 8.47. The van der Waals surface area contributed by atoms with E-state index in [4.69, 9.17) is 4.74 Å². The Kier molecular flexibility index (Phi) is 2.35. The Morgan fingerprint density at radius 2 is 1.92 bits per heavy atom. The van der Waals surface area contributed by atoms with E-state index in [0.717, 1.165) is 25.2 Å². The van der Waals surface area contributed by atoms with Gasteiger partial charge in [0.1, 0.15) is 5.76 Å². The Labute approximate surface area is 79.0 Å². The number of benzene rings is 1. The fraction of sp³-hybridized carbons (Fsp3) is 0.333. The molecule has 0 atom stereocenters. The summed E-state index contributed by atoms with van der Waals surface area (Å²) in [4.78, 5) is 0. The Hall–Kier alpha value is -1.24. The summed E-state index contributed by atoms with van der Waals surface area (Å²) < 4.78 is 5.56. The first kappa shape index (κ1) is 8.36. The van der Waals surface area contributed by atoms with Gasteiger partial charge in [-0.2, -0.15) is 0 Å². The van der Waals surface area contributed by atoms with Crippen molar-refractivity contribution < 1.29 is 4.74 Å². The summed E-state index contributed by atoms with van der Waals surface area (Å²) in [6.45, 7) is 2.96. The van der Waals surface area contributed by atoms with E-state index in [2.05, 4.69) is 37.3 Å². The van der Waals surface area contributed by atoms with Crippen molar-refractivity contribution in [1.82, 2.24) is 0 Å². The van der Waals surface area contributed by atoms with Crippen LogP contribution in [0.3, 0.4) is 0 Å². The van der Waals surface area contributed by atoms with Gasteiger partial charge < -0.3 is 4.74 Å². The van der Waals surface area contributed by atoms with E-state index in [0.29, 0.717) is 0 Å². The van der Waals surface area contributed by atoms with Crippen LogP contribution in [0.5, 0.6) is 0 Å². The van der Waals surface area contributed by atoms with Gasteiger partial charge in [-0.3, -0.25) is 0 Å². The van der Waals surface area contributed by atoms with Crippen LogP contribution in [0.4, 0.5) is 0 Å². The molecule has 0 saturated heterocycles. The lowest BCUT2D eigenvalue weighted by atomic mass is 10.1. The minimum atomic E-state index is 0.861. The van der Waals surface area contributed by atoms with Crippen LogP contribution in [-0.2, 0) is 4.74 Å². The maximum atomic E-state index is 5.56. The molecule has 2 rings (SSSR count). The second-order valence-electron chi connectivity index (χ2n) is 3.43. The van der Waals surface area contributed by atoms with E-state index in [-0.39, 0.29) is 0 Å². The minimum absolute atomic E-state index is 0.861. The highest BCUT2D eigenvalue weighted by Crippen LogP contribution is 2.21. The molecule has 0 spiro atoms. The highest BCUT2D eigenvalue weighted by atomic mass is 16.5. The monoisotopic (exact) mass is 174 g/mol. The summed E-state index contributed by atoms with van der Waals surface area (Å²) in [5.74, 6) is 1.05. The van der Waals surface area contributed by atoms with E-state index in [1.165, 1.54) is 11.1 Å². The highest BCUT2D eigenvalue weighted by molar-refractivity contribution is 5.60. The zero-order chi connectivity index (χ0) is 9.10. The van der Waals surface area contributed by atoms with Crippen LogP contribution >= 0.6 is 0 Å². The van der Waals surface area contributed by atoms with Crippen LogP contribution < -0.4 is 0 Å². The molecule has 0 aliphatic carbocycles. The van der Waals surface area contributed by atoms with Crippen molar-refractivity contribution in [3.63, 3.8) is 0 Å². The molecular weight excluding hydrogens is 160 g/mol. The molecule has 1 heterocycles. The molecule has 0 fully saturated rings. The second kappa shape index (κ2) is 3.65. The second-order valence-corrected chi connectivity index (χ2v) is 3.43. The molecule has 68 valence electrons. The van der Waals surface area contributed by atoms with Gasteiger partial charge in [-0.25, -0.2) is 0 Å². The van der Waals surface area contributed by atoms with Crippen molar-refractivity contribution in [2.45, 2.75) is 19.8 Å². The molecule has 1 aromatic carbocycles. The zero-order valence-electron chi connectivity index (χ0n) is 7.92. The van der Waals surface area contributed by atoms with E-state index >= 15 is 0 Å². The van der Waals surface area contributed by atoms with Crippen LogP contribution in [0, 0.1) is 6.92 Å². The fourth-order valence-corrected chi connectivity index (χ4v) is 1.48. The van der Waals surface area contributed by atoms with Crippen molar-refractivity contribution in [2.24, 2.45) is 0 Å². The molecular formula is C12H14O. The summed E-state index contributed by atoms with van der Waals surface area (Å²) in [6.07, 6.45) is 4.47. The summed E-state index contributed by atoms with van der Waals surface area (Å²) in [5.41, 5.74) is 2.49. The van der Waals surface area contributed by atoms with Gasteiger partial charge in [0.05, 0.1) is 6.61 Å². The molecule has 13 heavy (non-hydrogen) atoms. The van der Waals surface area contributed by atoms with E-state index < -0.39 is 0 Å². The third-order valence-electron chi connectivity index (χ3n) is 2.27. The molecule has 0 unspecified atom stereocenters. The number of rotatable bonds is 1. The molecule has 0 radical (unpaired) electrons. The quantitative estimate of drug-likeness (QED) is 0.635. The van der Waals surface area contributed by atoms with Crippen LogP contribution in [0.25, 0.3) is 5.76 Å². The molecule has 1 nitrogen and oxygen atoms in total. The summed E-state index contributed by atoms with van der Waals surface area (Å²) in [5, 5.41) is 0. The van der Waals surface area contributed by atoms with Crippen molar-refractivity contribution in [1.29, 1.82) is 0 Å². The lowest BCUT2D eigenvalue weighted by molar-refractivity contribution is 0.259. The number of allylic oxidation sites excluding steroid dienone is 1. The van der Waals surface area contributed by atoms with Crippen LogP contribution in [0.2, 0.25) is 0 Å². The predicted octanol–water partition coefficient (Wildman–Crippen LogP) is 3.15. The first-order chi connectivity index (χ1) is 6.36.